The Labute approximate surface area is 200 Å². The van der Waals surface area contributed by atoms with E-state index in [0.717, 1.165) is 55.8 Å². The van der Waals surface area contributed by atoms with Crippen LogP contribution in [-0.2, 0) is 4.79 Å². The van der Waals surface area contributed by atoms with E-state index in [4.69, 9.17) is 0 Å². The number of carboxylic acids is 1. The first-order valence-corrected chi connectivity index (χ1v) is 12.4. The molecule has 0 fully saturated rings. The van der Waals surface area contributed by atoms with Crippen LogP contribution in [0.5, 0.6) is 0 Å². The molecular weight excluding hydrogens is 456 g/mol. The summed E-state index contributed by atoms with van der Waals surface area (Å²) in [6, 6.07) is 0. The molecule has 0 aromatic heterocycles. The molecule has 0 saturated carbocycles. The maximum Gasteiger partial charge on any atom is 0.345 e. The number of fused-ring (bicyclic) bond motifs is 1. The fourth-order valence-corrected chi connectivity index (χ4v) is 5.12. The smallest absolute Gasteiger partial charge is 0.345 e. The van der Waals surface area contributed by atoms with E-state index in [1.165, 1.54) is 64.2 Å². The number of hydrogen-bond donors (Lipinski definition) is 2. The summed E-state index contributed by atoms with van der Waals surface area (Å²) in [5.74, 6) is 0.119. The summed E-state index contributed by atoms with van der Waals surface area (Å²) in [6.45, 7) is 7.86. The van der Waals surface area contributed by atoms with Gasteiger partial charge in [-0.15, -0.1) is 0 Å². The van der Waals surface area contributed by atoms with Gasteiger partial charge in [0.1, 0.15) is 0 Å². The number of carboxylic acid groups (broad SMARTS) is 1. The molecule has 0 spiro atoms. The molecule has 0 aliphatic carbocycles. The van der Waals surface area contributed by atoms with Crippen LogP contribution in [0.3, 0.4) is 0 Å². The topological polar surface area (TPSA) is 63.8 Å². The van der Waals surface area contributed by atoms with E-state index in [1.54, 1.807) is 0 Å². The third-order valence-electron chi connectivity index (χ3n) is 7.02. The molecular formula is C25H45BrN2O3. The van der Waals surface area contributed by atoms with Gasteiger partial charge in [0, 0.05) is 24.0 Å². The first-order chi connectivity index (χ1) is 14.4. The van der Waals surface area contributed by atoms with Gasteiger partial charge in [0.2, 0.25) is 5.72 Å². The quantitative estimate of drug-likeness (QED) is 0.267. The standard InChI is InChI=1S/C25H44N2O3.BrH/c1-4-5-6-7-8-9-10-11-12-13-14-15-17-25(30)22(3)21(2)24-26(20-23(28)29)18-16-19-27(24)25;/h30H,4-20H2,1-3H3;1H. The Morgan fingerprint density at radius 2 is 1.48 bits per heavy atom. The summed E-state index contributed by atoms with van der Waals surface area (Å²) in [5.41, 5.74) is 1.12. The van der Waals surface area contributed by atoms with Crippen molar-refractivity contribution in [2.75, 3.05) is 19.6 Å². The third kappa shape index (κ3) is 7.88. The number of rotatable bonds is 15. The van der Waals surface area contributed by atoms with Crippen LogP contribution in [0.2, 0.25) is 0 Å². The van der Waals surface area contributed by atoms with Crippen molar-refractivity contribution in [3.8, 4) is 0 Å². The molecule has 0 radical (unpaired) electrons. The van der Waals surface area contributed by atoms with Crippen LogP contribution in [0.15, 0.2) is 11.1 Å². The molecule has 180 valence electrons. The molecule has 0 aromatic rings. The van der Waals surface area contributed by atoms with Crippen LogP contribution < -0.4 is 17.0 Å². The van der Waals surface area contributed by atoms with Crippen LogP contribution in [-0.4, -0.2) is 56.9 Å². The molecule has 6 heteroatoms. The van der Waals surface area contributed by atoms with E-state index < -0.39 is 11.7 Å². The summed E-state index contributed by atoms with van der Waals surface area (Å²) in [7, 11) is 0. The van der Waals surface area contributed by atoms with Crippen molar-refractivity contribution in [2.45, 2.75) is 116 Å². The molecule has 31 heavy (non-hydrogen) atoms. The molecule has 0 aromatic carbocycles. The Balaban J connectivity index is 0.00000480. The van der Waals surface area contributed by atoms with E-state index in [9.17, 15) is 15.0 Å². The normalized spacial score (nSPS) is 20.8. The molecule has 2 aliphatic rings. The zero-order valence-electron chi connectivity index (χ0n) is 20.1. The van der Waals surface area contributed by atoms with Crippen molar-refractivity contribution in [1.82, 2.24) is 4.90 Å². The lowest BCUT2D eigenvalue weighted by atomic mass is 9.96. The third-order valence-corrected chi connectivity index (χ3v) is 7.02. The molecule has 2 N–H and O–H groups in total. The lowest BCUT2D eigenvalue weighted by molar-refractivity contribution is -0.530. The Morgan fingerprint density at radius 3 is 2.00 bits per heavy atom. The zero-order chi connectivity index (χ0) is 22.0. The summed E-state index contributed by atoms with van der Waals surface area (Å²) in [4.78, 5) is 13.3. The van der Waals surface area contributed by atoms with Crippen molar-refractivity contribution >= 4 is 11.8 Å². The second-order valence-electron chi connectivity index (χ2n) is 9.35. The van der Waals surface area contributed by atoms with E-state index in [1.807, 2.05) is 18.4 Å². The first-order valence-electron chi connectivity index (χ1n) is 12.4. The number of halogens is 1. The largest absolute Gasteiger partial charge is 1.00 e. The van der Waals surface area contributed by atoms with Crippen molar-refractivity contribution in [1.29, 1.82) is 0 Å². The maximum atomic E-state index is 11.5. The highest BCUT2D eigenvalue weighted by Crippen LogP contribution is 2.39. The zero-order valence-corrected chi connectivity index (χ0v) is 21.7. The minimum atomic E-state index is -0.935. The van der Waals surface area contributed by atoms with Gasteiger partial charge in [-0.2, -0.15) is 0 Å². The van der Waals surface area contributed by atoms with Crippen molar-refractivity contribution in [2.24, 2.45) is 0 Å². The van der Waals surface area contributed by atoms with Gasteiger partial charge in [0.15, 0.2) is 6.54 Å². The number of unbranched alkanes of at least 4 members (excludes halogenated alkanes) is 11. The minimum Gasteiger partial charge on any atom is -1.00 e. The number of nitrogens with zero attached hydrogens (tertiary/aromatic N) is 2. The molecule has 0 saturated heterocycles. The van der Waals surface area contributed by atoms with E-state index in [2.05, 4.69) is 11.8 Å². The van der Waals surface area contributed by atoms with Gasteiger partial charge in [-0.1, -0.05) is 77.6 Å². The summed E-state index contributed by atoms with van der Waals surface area (Å²) in [5, 5.41) is 20.8. The summed E-state index contributed by atoms with van der Waals surface area (Å²) in [6.07, 6.45) is 17.3. The van der Waals surface area contributed by atoms with E-state index >= 15 is 0 Å². The number of aliphatic hydroxyl groups is 1. The fraction of sp³-hybridized carbons (Fsp3) is 0.840. The molecule has 1 unspecified atom stereocenters. The second kappa shape index (κ2) is 14.3. The van der Waals surface area contributed by atoms with Gasteiger partial charge in [-0.3, -0.25) is 4.58 Å². The molecule has 2 aliphatic heterocycles. The molecule has 0 bridgehead atoms. The van der Waals surface area contributed by atoms with Gasteiger partial charge in [-0.25, -0.2) is 9.69 Å². The predicted molar refractivity (Wildman–Crippen MR) is 123 cm³/mol. The minimum absolute atomic E-state index is 0. The number of amidine groups is 1. The van der Waals surface area contributed by atoms with E-state index in [-0.39, 0.29) is 23.5 Å². The lowest BCUT2D eigenvalue weighted by Crippen LogP contribution is -3.00. The van der Waals surface area contributed by atoms with Crippen LogP contribution in [0, 0.1) is 0 Å². The maximum absolute atomic E-state index is 11.5. The van der Waals surface area contributed by atoms with Crippen LogP contribution in [0.1, 0.15) is 111 Å². The van der Waals surface area contributed by atoms with Gasteiger partial charge in [-0.05, 0) is 20.3 Å². The van der Waals surface area contributed by atoms with Gasteiger partial charge >= 0.3 is 5.97 Å². The number of aliphatic carboxylic acids is 1. The highest BCUT2D eigenvalue weighted by Gasteiger charge is 2.53. The van der Waals surface area contributed by atoms with Crippen LogP contribution >= 0.6 is 0 Å². The molecule has 2 heterocycles. The average molecular weight is 502 g/mol. The molecule has 1 atom stereocenters. The van der Waals surface area contributed by atoms with Crippen LogP contribution in [0.4, 0.5) is 0 Å². The Kier molecular flexibility index (Phi) is 13.0. The Bertz CT molecular complexity index is 632. The van der Waals surface area contributed by atoms with Crippen molar-refractivity contribution in [3.05, 3.63) is 11.1 Å². The van der Waals surface area contributed by atoms with Crippen molar-refractivity contribution in [3.63, 3.8) is 0 Å². The molecule has 5 nitrogen and oxygen atoms in total. The first kappa shape index (κ1) is 28.2. The van der Waals surface area contributed by atoms with Crippen molar-refractivity contribution < 1.29 is 36.6 Å². The highest BCUT2D eigenvalue weighted by atomic mass is 79.9. The highest BCUT2D eigenvalue weighted by molar-refractivity contribution is 5.99. The van der Waals surface area contributed by atoms with Gasteiger partial charge in [0.25, 0.3) is 5.84 Å². The SMILES string of the molecule is CCCCCCCCCCCCCCC1(O)C(C)=C(C)C2=[N+](CC(=O)O)CCCN21.[Br-]. The van der Waals surface area contributed by atoms with Crippen LogP contribution in [0.25, 0.3) is 0 Å². The van der Waals surface area contributed by atoms with Gasteiger partial charge in [0.05, 0.1) is 13.1 Å². The number of hydrogen-bond acceptors (Lipinski definition) is 3. The number of carbonyl (C=O) groups is 1. The predicted octanol–water partition coefficient (Wildman–Crippen LogP) is 2.32. The summed E-state index contributed by atoms with van der Waals surface area (Å²) < 4.78 is 1.92. The monoisotopic (exact) mass is 500 g/mol. The summed E-state index contributed by atoms with van der Waals surface area (Å²) >= 11 is 0. The average Bonchev–Trinajstić information content (AvgIpc) is 2.91. The van der Waals surface area contributed by atoms with Gasteiger partial charge < -0.3 is 27.2 Å². The fourth-order valence-electron chi connectivity index (χ4n) is 5.12. The Morgan fingerprint density at radius 1 is 0.968 bits per heavy atom. The lowest BCUT2D eigenvalue weighted by Gasteiger charge is -2.34. The Hall–Kier alpha value is -0.880. The second-order valence-corrected chi connectivity index (χ2v) is 9.35. The van der Waals surface area contributed by atoms with E-state index in [0.29, 0.717) is 0 Å². The molecule has 2 rings (SSSR count). The molecule has 0 amide bonds.